The van der Waals surface area contributed by atoms with E-state index in [1.54, 1.807) is 44.7 Å². The number of fused-ring (bicyclic) bond motifs is 3. The van der Waals surface area contributed by atoms with Gasteiger partial charge in [0.25, 0.3) is 0 Å². The molecule has 33 heteroatoms. The molecule has 25 nitrogen and oxygen atoms in total. The van der Waals surface area contributed by atoms with Gasteiger partial charge in [0.2, 0.25) is 70.9 Å². The van der Waals surface area contributed by atoms with Crippen LogP contribution < -0.4 is 10.6 Å². The van der Waals surface area contributed by atoms with Crippen molar-refractivity contribution in [3.63, 3.8) is 0 Å². The molecule has 12 atom stereocenters. The van der Waals surface area contributed by atoms with Crippen LogP contribution in [0.5, 0.6) is 0 Å². The lowest BCUT2D eigenvalue weighted by Gasteiger charge is -2.51. The van der Waals surface area contributed by atoms with Crippen molar-refractivity contribution in [1.82, 2.24) is 59.6 Å². The molecule has 2 unspecified atom stereocenters. The second kappa shape index (κ2) is 38.1. The number of likely N-dealkylation sites (tertiary alicyclic amines) is 1. The Morgan fingerprint density at radius 3 is 1.80 bits per heavy atom. The predicted octanol–water partition coefficient (Wildman–Crippen LogP) is 6.98. The zero-order valence-electron chi connectivity index (χ0n) is 65.9. The van der Waals surface area contributed by atoms with Crippen molar-refractivity contribution in [2.75, 3.05) is 95.2 Å². The molecule has 2 N–H and O–H groups in total. The first-order valence-electron chi connectivity index (χ1n) is 39.8. The summed E-state index contributed by atoms with van der Waals surface area (Å²) in [6.45, 7) is 5.75. The molecule has 620 valence electrons. The molecule has 4 heterocycles. The minimum atomic E-state index is -5.22. The number of hydrogen-bond donors (Lipinski definition) is 2. The fourth-order valence-electron chi connectivity index (χ4n) is 18.1. The Labute approximate surface area is 641 Å². The fraction of sp³-hybridized carbons (Fsp3) is 0.818. The Bertz CT molecular complexity index is 3300. The van der Waals surface area contributed by atoms with E-state index in [-0.39, 0.29) is 96.7 Å². The van der Waals surface area contributed by atoms with Crippen molar-refractivity contribution >= 4 is 70.9 Å². The fourth-order valence-corrected chi connectivity index (χ4v) is 18.1. The second-order valence-corrected chi connectivity index (χ2v) is 32.5. The van der Waals surface area contributed by atoms with Crippen molar-refractivity contribution < 1.29 is 97.4 Å². The number of halogens is 8. The van der Waals surface area contributed by atoms with E-state index in [2.05, 4.69) is 10.6 Å². The maximum absolute atomic E-state index is 15.8. The van der Waals surface area contributed by atoms with E-state index in [4.69, 9.17) is 4.74 Å². The van der Waals surface area contributed by atoms with E-state index in [1.807, 2.05) is 0 Å². The van der Waals surface area contributed by atoms with Crippen LogP contribution in [-0.2, 0) is 62.3 Å². The normalized spacial score (nSPS) is 32.4. The number of ether oxygens (including phenoxy) is 1. The predicted molar refractivity (Wildman–Crippen MR) is 388 cm³/mol. The Morgan fingerprint density at radius 2 is 1.23 bits per heavy atom. The molecular formula is C77H118F8N12O13. The van der Waals surface area contributed by atoms with Gasteiger partial charge in [-0.05, 0) is 153 Å². The van der Waals surface area contributed by atoms with Gasteiger partial charge in [0.05, 0.1) is 31.5 Å². The lowest BCUT2D eigenvalue weighted by atomic mass is 9.73. The summed E-state index contributed by atoms with van der Waals surface area (Å²) >= 11 is 0. The first-order valence-corrected chi connectivity index (χ1v) is 39.8. The SMILES string of the molecule is CCC[C@H]1C(=O)N[C@@H]([C@@H](C)CC)C(=O)N(C)CC(=O)N(C)[C@H]2C/C=C\CCN(C2=O)[C@@H](CC2CCC(C(F)(F)F)CC2)C(=O)N(C)CC(=O)N[C@@H](CCC2CC(F)C(C(F)(F)F)C(F)C2)C(=O)N2C[C@H](OCC)C[C@H]2C(=O)N(C)C2(CCC2)C(=O)N(C)[C@@H](C2CCCC2)C(=O)N(C)[C@H](C(=O)N2CCCC2)CC(=O)N1C. The van der Waals surface area contributed by atoms with Crippen LogP contribution in [0.1, 0.15) is 188 Å². The summed E-state index contributed by atoms with van der Waals surface area (Å²) in [5.41, 5.74) is -1.64. The summed E-state index contributed by atoms with van der Waals surface area (Å²) in [5.74, 6) is -16.3. The average Bonchev–Trinajstić information content (AvgIpc) is 1.10. The van der Waals surface area contributed by atoms with Gasteiger partial charge in [-0.25, -0.2) is 8.78 Å². The zero-order chi connectivity index (χ0) is 81.2. The molecule has 0 aromatic rings. The van der Waals surface area contributed by atoms with Gasteiger partial charge in [-0.3, -0.25) is 57.5 Å². The molecule has 0 radical (unpaired) electrons. The maximum Gasteiger partial charge on any atom is 0.397 e. The van der Waals surface area contributed by atoms with Crippen molar-refractivity contribution in [3.8, 4) is 0 Å². The van der Waals surface area contributed by atoms with Crippen LogP contribution in [0, 0.1) is 35.5 Å². The summed E-state index contributed by atoms with van der Waals surface area (Å²) in [6.07, 6.45) is -11.2. The molecular weight excluding hydrogens is 1450 g/mol. The third kappa shape index (κ3) is 20.4. The number of amides is 12. The van der Waals surface area contributed by atoms with Gasteiger partial charge < -0.3 is 64.4 Å². The molecule has 4 saturated carbocycles. The van der Waals surface area contributed by atoms with E-state index in [9.17, 15) is 50.3 Å². The van der Waals surface area contributed by atoms with Crippen LogP contribution in [-0.4, -0.2) is 300 Å². The number of hydrogen-bond acceptors (Lipinski definition) is 13. The van der Waals surface area contributed by atoms with E-state index >= 15 is 42.3 Å². The molecule has 2 bridgehead atoms. The molecule has 0 aromatic carbocycles. The molecule has 8 rings (SSSR count). The molecule has 4 aliphatic heterocycles. The summed E-state index contributed by atoms with van der Waals surface area (Å²) in [4.78, 5) is 195. The highest BCUT2D eigenvalue weighted by Gasteiger charge is 2.58. The molecule has 1 spiro atoms. The van der Waals surface area contributed by atoms with Gasteiger partial charge in [0, 0.05) is 88.5 Å². The minimum absolute atomic E-state index is 0.00204. The van der Waals surface area contributed by atoms with Crippen LogP contribution in [0.15, 0.2) is 12.2 Å². The molecule has 12 amide bonds. The number of alkyl halides is 8. The number of nitrogens with one attached hydrogen (secondary N) is 2. The van der Waals surface area contributed by atoms with Crippen molar-refractivity contribution in [2.24, 2.45) is 35.5 Å². The monoisotopic (exact) mass is 1570 g/mol. The molecule has 3 saturated heterocycles. The van der Waals surface area contributed by atoms with Crippen LogP contribution >= 0.6 is 0 Å². The maximum atomic E-state index is 15.8. The van der Waals surface area contributed by atoms with Crippen LogP contribution in [0.25, 0.3) is 0 Å². The summed E-state index contributed by atoms with van der Waals surface area (Å²) in [6, 6.07) is -11.2. The van der Waals surface area contributed by atoms with Crippen molar-refractivity contribution in [2.45, 2.75) is 273 Å². The van der Waals surface area contributed by atoms with Crippen LogP contribution in [0.2, 0.25) is 0 Å². The smallest absolute Gasteiger partial charge is 0.377 e. The first-order chi connectivity index (χ1) is 51.8. The van der Waals surface area contributed by atoms with Crippen LogP contribution in [0.3, 0.4) is 0 Å². The summed E-state index contributed by atoms with van der Waals surface area (Å²) < 4.78 is 122. The number of nitrogens with zero attached hydrogens (tertiary/aromatic N) is 10. The third-order valence-corrected chi connectivity index (χ3v) is 25.3. The third-order valence-electron chi connectivity index (χ3n) is 25.3. The van der Waals surface area contributed by atoms with E-state index < -0.39 is 230 Å². The highest BCUT2D eigenvalue weighted by molar-refractivity contribution is 6.01. The molecule has 8 aliphatic rings. The van der Waals surface area contributed by atoms with Crippen molar-refractivity contribution in [3.05, 3.63) is 12.2 Å². The second-order valence-electron chi connectivity index (χ2n) is 32.5. The van der Waals surface area contributed by atoms with Gasteiger partial charge in [-0.1, -0.05) is 58.6 Å². The van der Waals surface area contributed by atoms with Gasteiger partial charge in [0.1, 0.15) is 72.1 Å². The Balaban J connectivity index is 1.21. The van der Waals surface area contributed by atoms with E-state index in [1.165, 1.54) is 73.8 Å². The van der Waals surface area contributed by atoms with E-state index in [0.29, 0.717) is 70.9 Å². The summed E-state index contributed by atoms with van der Waals surface area (Å²) in [5, 5.41) is 5.52. The standard InChI is InChI=1S/C77H118F8N12O13/c1-12-23-55-66(101)87-64(46(4)13-2)72(107)89(6)45-62(100)91(8)56-26-16-15-19-37-96(71(56)106)58(40-47-27-30-50(31-28-47)76(80,81)82)68(103)88(5)44-60(98)86-54(32-29-48-38-52(78)63(53(79)39-48)77(83,84)85)67(102)97-43-51(110-14-3)41-59(97)69(104)94(11)75(33-22-34-75)74(109)93(10)65(49-24-17-18-25-49)73(108)92(9)57(42-61(99)90(55)7)70(105)95-35-20-21-36-95/h15-16,46-59,63-65H,12-14,17-45H2,1-11H3,(H,86,98)(H,87,101)/b16-15-/t46-,47?,48?,50?,51+,52?,53?,54-,55-,56-,57-,58-,59-,63?,64-,65-/m0/s1. The lowest BCUT2D eigenvalue weighted by Crippen LogP contribution is -2.68. The Hall–Kier alpha value is -7.22. The molecule has 4 aliphatic carbocycles. The van der Waals surface area contributed by atoms with Crippen LogP contribution in [0.4, 0.5) is 35.1 Å². The number of rotatable bonds is 13. The lowest BCUT2D eigenvalue weighted by molar-refractivity contribution is -0.219. The number of likely N-dealkylation sites (N-methyl/N-ethyl adjacent to an activating group) is 7. The Kier molecular flexibility index (Phi) is 30.6. The molecule has 7 fully saturated rings. The number of carbonyl (C=O) groups excluding carboxylic acids is 12. The Morgan fingerprint density at radius 1 is 0.600 bits per heavy atom. The quantitative estimate of drug-likeness (QED) is 0.139. The van der Waals surface area contributed by atoms with Gasteiger partial charge in [-0.15, -0.1) is 0 Å². The zero-order valence-corrected chi connectivity index (χ0v) is 65.9. The van der Waals surface area contributed by atoms with Gasteiger partial charge in [-0.2, -0.15) is 26.3 Å². The molecule has 110 heavy (non-hydrogen) atoms. The highest BCUT2D eigenvalue weighted by Crippen LogP contribution is 2.46. The number of carbonyl (C=O) groups is 12. The molecule has 0 aromatic heterocycles. The first kappa shape index (κ1) is 88.3. The van der Waals surface area contributed by atoms with Gasteiger partial charge >= 0.3 is 12.4 Å². The minimum Gasteiger partial charge on any atom is -0.377 e. The summed E-state index contributed by atoms with van der Waals surface area (Å²) in [7, 11) is 9.53. The van der Waals surface area contributed by atoms with Crippen molar-refractivity contribution in [1.29, 1.82) is 0 Å². The highest BCUT2D eigenvalue weighted by atomic mass is 19.4. The average molecular weight is 1570 g/mol. The largest absolute Gasteiger partial charge is 0.397 e. The van der Waals surface area contributed by atoms with Gasteiger partial charge in [0.15, 0.2) is 0 Å². The topological polar surface area (TPSA) is 271 Å². The van der Waals surface area contributed by atoms with E-state index in [0.717, 1.165) is 19.6 Å².